The van der Waals surface area contributed by atoms with Crippen LogP contribution >= 0.6 is 0 Å². The Kier molecular flexibility index (Phi) is 6.76. The number of fused-ring (bicyclic) bond motifs is 2. The van der Waals surface area contributed by atoms with Gasteiger partial charge in [0.15, 0.2) is 8.32 Å². The molecule has 3 aliphatic rings. The third-order valence-electron chi connectivity index (χ3n) is 8.32. The molecule has 2 fully saturated rings. The Morgan fingerprint density at radius 2 is 1.86 bits per heavy atom. The number of hydrogen-bond acceptors (Lipinski definition) is 6. The summed E-state index contributed by atoms with van der Waals surface area (Å²) in [6, 6.07) is 3.39. The van der Waals surface area contributed by atoms with Crippen LogP contribution in [-0.4, -0.2) is 96.8 Å². The summed E-state index contributed by atoms with van der Waals surface area (Å²) in [7, 11) is 0.0478. The van der Waals surface area contributed by atoms with Crippen LogP contribution < -0.4 is 4.90 Å². The quantitative estimate of drug-likeness (QED) is 0.589. The Balaban J connectivity index is 1.52. The zero-order valence-corrected chi connectivity index (χ0v) is 22.6. The van der Waals surface area contributed by atoms with Crippen molar-refractivity contribution in [3.63, 3.8) is 0 Å². The van der Waals surface area contributed by atoms with E-state index in [0.717, 1.165) is 36.5 Å². The lowest BCUT2D eigenvalue weighted by Gasteiger charge is -2.48. The lowest BCUT2D eigenvalue weighted by atomic mass is 9.82. The fourth-order valence-corrected chi connectivity index (χ4v) is 6.56. The molecule has 192 valence electrons. The molecule has 4 rings (SSSR count). The van der Waals surface area contributed by atoms with Gasteiger partial charge < -0.3 is 24.4 Å². The number of anilines is 1. The van der Waals surface area contributed by atoms with Crippen molar-refractivity contribution in [3.05, 3.63) is 29.5 Å². The summed E-state index contributed by atoms with van der Waals surface area (Å²) in [5.41, 5.74) is 1.83. The number of nitrogens with zero attached hydrogens (tertiary/aromatic N) is 4. The highest BCUT2D eigenvalue weighted by Crippen LogP contribution is 2.39. The molecule has 35 heavy (non-hydrogen) atoms. The first kappa shape index (κ1) is 25.7. The molecule has 2 saturated heterocycles. The minimum atomic E-state index is -1.83. The van der Waals surface area contributed by atoms with Gasteiger partial charge in [-0.3, -0.25) is 4.90 Å². The molecule has 0 unspecified atom stereocenters. The maximum Gasteiger partial charge on any atom is 0.407 e. The van der Waals surface area contributed by atoms with Crippen molar-refractivity contribution in [2.24, 2.45) is 0 Å². The first-order valence-electron chi connectivity index (χ1n) is 12.3. The van der Waals surface area contributed by atoms with E-state index in [1.165, 1.54) is 4.90 Å². The van der Waals surface area contributed by atoms with Crippen LogP contribution in [0.4, 0.5) is 10.6 Å². The van der Waals surface area contributed by atoms with E-state index < -0.39 is 26.4 Å². The molecule has 2 bridgehead atoms. The van der Waals surface area contributed by atoms with Gasteiger partial charge >= 0.3 is 12.1 Å². The smallest absolute Gasteiger partial charge is 0.407 e. The van der Waals surface area contributed by atoms with Crippen molar-refractivity contribution in [2.75, 3.05) is 38.1 Å². The number of carboxylic acid groups (broad SMARTS) is 2. The highest BCUT2D eigenvalue weighted by molar-refractivity contribution is 6.74. The summed E-state index contributed by atoms with van der Waals surface area (Å²) < 4.78 is 6.60. The summed E-state index contributed by atoms with van der Waals surface area (Å²) >= 11 is 0. The van der Waals surface area contributed by atoms with Crippen LogP contribution in [0.15, 0.2) is 23.9 Å². The number of pyridine rings is 1. The first-order valence-corrected chi connectivity index (χ1v) is 15.2. The molecule has 0 radical (unpaired) electrons. The van der Waals surface area contributed by atoms with Gasteiger partial charge in [-0.2, -0.15) is 0 Å². The van der Waals surface area contributed by atoms with E-state index in [0.29, 0.717) is 13.0 Å². The Bertz CT molecular complexity index is 1020. The molecule has 3 atom stereocenters. The predicted molar refractivity (Wildman–Crippen MR) is 137 cm³/mol. The topological polar surface area (TPSA) is 106 Å². The molecule has 0 spiro atoms. The van der Waals surface area contributed by atoms with Crippen molar-refractivity contribution in [3.8, 4) is 0 Å². The summed E-state index contributed by atoms with van der Waals surface area (Å²) in [4.78, 5) is 34.1. The molecular weight excluding hydrogens is 464 g/mol. The number of aliphatic carboxylic acids is 1. The molecule has 2 N–H and O–H groups in total. The van der Waals surface area contributed by atoms with Crippen LogP contribution in [0.1, 0.15) is 39.2 Å². The summed E-state index contributed by atoms with van der Waals surface area (Å²) in [5.74, 6) is -0.130. The van der Waals surface area contributed by atoms with E-state index >= 15 is 0 Å². The van der Waals surface area contributed by atoms with Crippen molar-refractivity contribution >= 4 is 31.8 Å². The van der Waals surface area contributed by atoms with Crippen LogP contribution in [0.25, 0.3) is 5.57 Å². The standard InChI is InChI=1S/C25H38N4O5Si/c1-25(2,3)35(5,6)34-18-9-10-28(14-18)21-8-7-16(12-26-21)19-11-17-13-29(24(32)33)15-20(27(17)4)22(19)23(30)31/h7-8,12,17-18,20H,9-11,13-15H2,1-6H3,(H,30,31)(H,32,33)/t17-,18+,20-/m1/s1. The van der Waals surface area contributed by atoms with E-state index in [1.54, 1.807) is 6.20 Å². The van der Waals surface area contributed by atoms with Crippen molar-refractivity contribution in [1.82, 2.24) is 14.8 Å². The molecule has 3 aliphatic heterocycles. The number of piperazine rings is 1. The van der Waals surface area contributed by atoms with Gasteiger partial charge in [0.2, 0.25) is 0 Å². The summed E-state index contributed by atoms with van der Waals surface area (Å²) in [6.07, 6.45) is 2.41. The van der Waals surface area contributed by atoms with E-state index in [2.05, 4.69) is 38.8 Å². The van der Waals surface area contributed by atoms with E-state index in [-0.39, 0.29) is 29.3 Å². The Hall–Kier alpha value is -2.43. The molecule has 1 aromatic rings. The fraction of sp³-hybridized carbons (Fsp3) is 0.640. The average molecular weight is 503 g/mol. The number of hydrogen-bond donors (Lipinski definition) is 2. The van der Waals surface area contributed by atoms with Crippen molar-refractivity contribution in [1.29, 1.82) is 0 Å². The third kappa shape index (κ3) is 4.96. The van der Waals surface area contributed by atoms with Gasteiger partial charge in [0, 0.05) is 38.4 Å². The Morgan fingerprint density at radius 3 is 2.43 bits per heavy atom. The molecule has 0 aromatic carbocycles. The largest absolute Gasteiger partial charge is 0.478 e. The van der Waals surface area contributed by atoms with E-state index in [4.69, 9.17) is 9.41 Å². The second kappa shape index (κ2) is 9.22. The van der Waals surface area contributed by atoms with Crippen molar-refractivity contribution < 1.29 is 24.2 Å². The van der Waals surface area contributed by atoms with E-state index in [9.17, 15) is 19.8 Å². The van der Waals surface area contributed by atoms with Gasteiger partial charge in [0.25, 0.3) is 0 Å². The van der Waals surface area contributed by atoms with Gasteiger partial charge in [-0.1, -0.05) is 20.8 Å². The summed E-state index contributed by atoms with van der Waals surface area (Å²) in [5, 5.41) is 19.7. The van der Waals surface area contributed by atoms with Crippen LogP contribution in [0.3, 0.4) is 0 Å². The van der Waals surface area contributed by atoms with Crippen LogP contribution in [-0.2, 0) is 9.22 Å². The number of carboxylic acids is 1. The fourth-order valence-electron chi connectivity index (χ4n) is 5.18. The number of aromatic nitrogens is 1. The SMILES string of the molecule is CN1[C@@H]2CC(c3ccc(N4CC[C@H](O[Si](C)(C)C(C)(C)C)C4)nc3)=C(C(=O)O)[C@H]1CN(C(=O)O)C2. The Morgan fingerprint density at radius 1 is 1.14 bits per heavy atom. The lowest BCUT2D eigenvalue weighted by molar-refractivity contribution is -0.134. The average Bonchev–Trinajstić information content (AvgIpc) is 3.20. The van der Waals surface area contributed by atoms with Crippen molar-refractivity contribution in [2.45, 2.75) is 69.9 Å². The molecular formula is C25H38N4O5Si. The second-order valence-electron chi connectivity index (χ2n) is 11.6. The third-order valence-corrected chi connectivity index (χ3v) is 12.9. The van der Waals surface area contributed by atoms with Gasteiger partial charge in [0.05, 0.1) is 17.7 Å². The van der Waals surface area contributed by atoms with Crippen LogP contribution in [0.2, 0.25) is 18.1 Å². The molecule has 1 amide bonds. The molecule has 0 aliphatic carbocycles. The van der Waals surface area contributed by atoms with Gasteiger partial charge in [-0.25, -0.2) is 14.6 Å². The van der Waals surface area contributed by atoms with Gasteiger partial charge in [-0.15, -0.1) is 0 Å². The predicted octanol–water partition coefficient (Wildman–Crippen LogP) is 3.59. The summed E-state index contributed by atoms with van der Waals surface area (Å²) in [6.45, 7) is 13.5. The Labute approximate surface area is 208 Å². The van der Waals surface area contributed by atoms with Crippen LogP contribution in [0.5, 0.6) is 0 Å². The first-order chi connectivity index (χ1) is 16.3. The number of amides is 1. The zero-order valence-electron chi connectivity index (χ0n) is 21.6. The van der Waals surface area contributed by atoms with Gasteiger partial charge in [-0.05, 0) is 61.3 Å². The maximum atomic E-state index is 12.3. The van der Waals surface area contributed by atoms with Gasteiger partial charge in [0.1, 0.15) is 5.82 Å². The molecule has 4 heterocycles. The number of carbonyl (C=O) groups is 2. The number of likely N-dealkylation sites (N-methyl/N-ethyl adjacent to an activating group) is 1. The highest BCUT2D eigenvalue weighted by atomic mass is 28.4. The number of rotatable bonds is 5. The zero-order chi connectivity index (χ0) is 25.7. The highest BCUT2D eigenvalue weighted by Gasteiger charge is 2.44. The minimum Gasteiger partial charge on any atom is -0.478 e. The lowest BCUT2D eigenvalue weighted by Crippen LogP contribution is -2.61. The second-order valence-corrected chi connectivity index (χ2v) is 16.3. The minimum absolute atomic E-state index is 0.0607. The molecule has 0 saturated carbocycles. The molecule has 10 heteroatoms. The van der Waals surface area contributed by atoms with E-state index in [1.807, 2.05) is 24.1 Å². The maximum absolute atomic E-state index is 12.3. The monoisotopic (exact) mass is 502 g/mol. The normalized spacial score (nSPS) is 25.8. The molecule has 9 nitrogen and oxygen atoms in total. The van der Waals surface area contributed by atoms with Crippen LogP contribution in [0, 0.1) is 0 Å². The molecule has 1 aromatic heterocycles.